The Labute approximate surface area is 114 Å². The van der Waals surface area contributed by atoms with E-state index in [1.807, 2.05) is 0 Å². The maximum atomic E-state index is 12.5. The number of nitrogens with zero attached hydrogens (tertiary/aromatic N) is 1. The summed E-state index contributed by atoms with van der Waals surface area (Å²) in [4.78, 5) is 25.4. The van der Waals surface area contributed by atoms with Crippen molar-refractivity contribution in [3.05, 3.63) is 0 Å². The van der Waals surface area contributed by atoms with Crippen LogP contribution in [0.2, 0.25) is 0 Å². The standard InChI is InChI=1S/C14H24N2O3/c1-9-3-5-15-11(7-9)13(17)16-6-4-10(2)8-12(16)14(18)19/h9-12,15H,3-8H2,1-2H3,(H,18,19). The second-order valence-corrected chi connectivity index (χ2v) is 6.15. The van der Waals surface area contributed by atoms with Gasteiger partial charge in [-0.3, -0.25) is 4.79 Å². The zero-order valence-electron chi connectivity index (χ0n) is 11.8. The van der Waals surface area contributed by atoms with Crippen molar-refractivity contribution in [1.82, 2.24) is 10.2 Å². The third-order valence-electron chi connectivity index (χ3n) is 4.40. The highest BCUT2D eigenvalue weighted by molar-refractivity contribution is 5.87. The number of rotatable bonds is 2. The average Bonchev–Trinajstić information content (AvgIpc) is 2.37. The first kappa shape index (κ1) is 14.3. The highest BCUT2D eigenvalue weighted by Gasteiger charge is 2.38. The summed E-state index contributed by atoms with van der Waals surface area (Å²) in [6.45, 7) is 5.62. The van der Waals surface area contributed by atoms with Crippen molar-refractivity contribution in [2.24, 2.45) is 11.8 Å². The predicted molar refractivity (Wildman–Crippen MR) is 71.7 cm³/mol. The molecule has 0 bridgehead atoms. The van der Waals surface area contributed by atoms with Gasteiger partial charge in [0.15, 0.2) is 0 Å². The summed E-state index contributed by atoms with van der Waals surface area (Å²) in [7, 11) is 0. The summed E-state index contributed by atoms with van der Waals surface area (Å²) in [6, 6.07) is -0.839. The highest BCUT2D eigenvalue weighted by Crippen LogP contribution is 2.25. The fourth-order valence-electron chi connectivity index (χ4n) is 3.14. The van der Waals surface area contributed by atoms with Crippen LogP contribution in [0.4, 0.5) is 0 Å². The number of hydrogen-bond acceptors (Lipinski definition) is 3. The lowest BCUT2D eigenvalue weighted by atomic mass is 9.89. The molecular formula is C14H24N2O3. The summed E-state index contributed by atoms with van der Waals surface area (Å²) < 4.78 is 0. The first-order valence-electron chi connectivity index (χ1n) is 7.25. The van der Waals surface area contributed by atoms with Crippen molar-refractivity contribution >= 4 is 11.9 Å². The minimum Gasteiger partial charge on any atom is -0.480 e. The molecule has 0 aromatic carbocycles. The van der Waals surface area contributed by atoms with Crippen LogP contribution < -0.4 is 5.32 Å². The third-order valence-corrected chi connectivity index (χ3v) is 4.40. The Hall–Kier alpha value is -1.10. The second-order valence-electron chi connectivity index (χ2n) is 6.15. The molecule has 2 rings (SSSR count). The fraction of sp³-hybridized carbons (Fsp3) is 0.857. The first-order valence-corrected chi connectivity index (χ1v) is 7.25. The molecule has 0 aromatic rings. The number of carboxylic acid groups (broad SMARTS) is 1. The number of hydrogen-bond donors (Lipinski definition) is 2. The molecule has 19 heavy (non-hydrogen) atoms. The van der Waals surface area contributed by atoms with Crippen LogP contribution in [0, 0.1) is 11.8 Å². The largest absolute Gasteiger partial charge is 0.480 e. The number of amides is 1. The van der Waals surface area contributed by atoms with Crippen LogP contribution in [0.15, 0.2) is 0 Å². The number of nitrogens with one attached hydrogen (secondary N) is 1. The van der Waals surface area contributed by atoms with Gasteiger partial charge in [-0.25, -0.2) is 4.79 Å². The smallest absolute Gasteiger partial charge is 0.326 e. The number of carbonyl (C=O) groups is 2. The molecule has 0 saturated carbocycles. The van der Waals surface area contributed by atoms with Gasteiger partial charge in [0.25, 0.3) is 0 Å². The molecule has 2 heterocycles. The lowest BCUT2D eigenvalue weighted by Gasteiger charge is -2.39. The van der Waals surface area contributed by atoms with E-state index in [0.29, 0.717) is 24.8 Å². The zero-order valence-corrected chi connectivity index (χ0v) is 11.8. The van der Waals surface area contributed by atoms with E-state index < -0.39 is 12.0 Å². The quantitative estimate of drug-likeness (QED) is 0.786. The van der Waals surface area contributed by atoms with Crippen molar-refractivity contribution in [2.45, 2.75) is 51.6 Å². The molecule has 0 aliphatic carbocycles. The minimum absolute atomic E-state index is 0.0224. The SMILES string of the molecule is CC1CCNC(C(=O)N2CCC(C)CC2C(=O)O)C1. The molecule has 5 nitrogen and oxygen atoms in total. The van der Waals surface area contributed by atoms with Gasteiger partial charge in [-0.1, -0.05) is 13.8 Å². The van der Waals surface area contributed by atoms with Crippen LogP contribution in [-0.2, 0) is 9.59 Å². The molecule has 2 aliphatic heterocycles. The van der Waals surface area contributed by atoms with E-state index in [4.69, 9.17) is 0 Å². The molecule has 2 N–H and O–H groups in total. The number of carbonyl (C=O) groups excluding carboxylic acids is 1. The Kier molecular flexibility index (Phi) is 4.45. The molecule has 0 spiro atoms. The molecule has 2 saturated heterocycles. The fourth-order valence-corrected chi connectivity index (χ4v) is 3.14. The molecule has 4 unspecified atom stereocenters. The highest BCUT2D eigenvalue weighted by atomic mass is 16.4. The molecule has 4 atom stereocenters. The Morgan fingerprint density at radius 1 is 1.16 bits per heavy atom. The number of likely N-dealkylation sites (tertiary alicyclic amines) is 1. The van der Waals surface area contributed by atoms with E-state index in [-0.39, 0.29) is 11.9 Å². The Morgan fingerprint density at radius 3 is 2.47 bits per heavy atom. The van der Waals surface area contributed by atoms with Crippen LogP contribution in [-0.4, -0.2) is 47.1 Å². The van der Waals surface area contributed by atoms with Crippen LogP contribution >= 0.6 is 0 Å². The third kappa shape index (κ3) is 3.26. The maximum absolute atomic E-state index is 12.5. The molecule has 108 valence electrons. The molecule has 2 aliphatic rings. The van der Waals surface area contributed by atoms with E-state index in [1.165, 1.54) is 0 Å². The van der Waals surface area contributed by atoms with Crippen molar-refractivity contribution in [3.63, 3.8) is 0 Å². The van der Waals surface area contributed by atoms with Crippen molar-refractivity contribution in [3.8, 4) is 0 Å². The number of piperidine rings is 2. The van der Waals surface area contributed by atoms with Gasteiger partial charge in [0.2, 0.25) is 5.91 Å². The molecule has 1 amide bonds. The predicted octanol–water partition coefficient (Wildman–Crippen LogP) is 1.09. The second kappa shape index (κ2) is 5.90. The Balaban J connectivity index is 2.05. The summed E-state index contributed by atoms with van der Waals surface area (Å²) >= 11 is 0. The van der Waals surface area contributed by atoms with Crippen molar-refractivity contribution in [2.75, 3.05) is 13.1 Å². The lowest BCUT2D eigenvalue weighted by Crippen LogP contribution is -2.57. The summed E-state index contributed by atoms with van der Waals surface area (Å²) in [5.41, 5.74) is 0. The van der Waals surface area contributed by atoms with E-state index in [2.05, 4.69) is 19.2 Å². The van der Waals surface area contributed by atoms with Gasteiger partial charge in [0, 0.05) is 6.54 Å². The normalized spacial score (nSPS) is 36.0. The van der Waals surface area contributed by atoms with Crippen LogP contribution in [0.1, 0.15) is 39.5 Å². The van der Waals surface area contributed by atoms with Gasteiger partial charge in [0.1, 0.15) is 6.04 Å². The van der Waals surface area contributed by atoms with Gasteiger partial charge in [0.05, 0.1) is 6.04 Å². The summed E-state index contributed by atoms with van der Waals surface area (Å²) in [5, 5.41) is 12.5. The molecule has 0 aromatic heterocycles. The van der Waals surface area contributed by atoms with Crippen LogP contribution in [0.3, 0.4) is 0 Å². The van der Waals surface area contributed by atoms with E-state index in [9.17, 15) is 14.7 Å². The molecule has 2 fully saturated rings. The number of aliphatic carboxylic acids is 1. The zero-order chi connectivity index (χ0) is 14.0. The van der Waals surface area contributed by atoms with Gasteiger partial charge in [-0.05, 0) is 44.1 Å². The van der Waals surface area contributed by atoms with E-state index in [0.717, 1.165) is 25.8 Å². The Bertz CT molecular complexity index is 359. The molecule has 5 heteroatoms. The summed E-state index contributed by atoms with van der Waals surface area (Å²) in [5.74, 6) is 0.0141. The van der Waals surface area contributed by atoms with Crippen LogP contribution in [0.5, 0.6) is 0 Å². The lowest BCUT2D eigenvalue weighted by molar-refractivity contribution is -0.154. The van der Waals surface area contributed by atoms with Gasteiger partial charge in [-0.15, -0.1) is 0 Å². The number of carboxylic acids is 1. The topological polar surface area (TPSA) is 69.6 Å². The monoisotopic (exact) mass is 268 g/mol. The van der Waals surface area contributed by atoms with Gasteiger partial charge >= 0.3 is 5.97 Å². The van der Waals surface area contributed by atoms with Gasteiger partial charge in [-0.2, -0.15) is 0 Å². The summed E-state index contributed by atoms with van der Waals surface area (Å²) in [6.07, 6.45) is 3.38. The van der Waals surface area contributed by atoms with E-state index in [1.54, 1.807) is 4.90 Å². The average molecular weight is 268 g/mol. The minimum atomic E-state index is -0.872. The van der Waals surface area contributed by atoms with Crippen molar-refractivity contribution in [1.29, 1.82) is 0 Å². The molecular weight excluding hydrogens is 244 g/mol. The maximum Gasteiger partial charge on any atom is 0.326 e. The molecule has 0 radical (unpaired) electrons. The first-order chi connectivity index (χ1) is 8.99. The van der Waals surface area contributed by atoms with E-state index >= 15 is 0 Å². The van der Waals surface area contributed by atoms with Gasteiger partial charge < -0.3 is 15.3 Å². The van der Waals surface area contributed by atoms with Crippen LogP contribution in [0.25, 0.3) is 0 Å². The Morgan fingerprint density at radius 2 is 1.84 bits per heavy atom. The van der Waals surface area contributed by atoms with Crippen molar-refractivity contribution < 1.29 is 14.7 Å².